The quantitative estimate of drug-likeness (QED) is 0.208. The fourth-order valence-electron chi connectivity index (χ4n) is 2.82. The van der Waals surface area contributed by atoms with Crippen LogP contribution in [0.2, 0.25) is 0 Å². The van der Waals surface area contributed by atoms with E-state index in [2.05, 4.69) is 4.74 Å². The number of benzene rings is 1. The van der Waals surface area contributed by atoms with Gasteiger partial charge in [-0.05, 0) is 5.41 Å². The molecule has 1 saturated carbocycles. The van der Waals surface area contributed by atoms with Crippen molar-refractivity contribution in [1.82, 2.24) is 0 Å². The number of hydrogen-bond donors (Lipinski definition) is 1. The third-order valence-electron chi connectivity index (χ3n) is 4.33. The fourth-order valence-corrected chi connectivity index (χ4v) is 3.69. The third kappa shape index (κ3) is 4.23. The summed E-state index contributed by atoms with van der Waals surface area (Å²) in [5, 5.41) is 9.50. The number of carbonyl (C=O) groups excluding carboxylic acids is 1. The van der Waals surface area contributed by atoms with E-state index in [0.29, 0.717) is 0 Å². The van der Waals surface area contributed by atoms with E-state index in [-0.39, 0.29) is 35.6 Å². The van der Waals surface area contributed by atoms with Crippen LogP contribution in [0.4, 0.5) is 17.6 Å². The summed E-state index contributed by atoms with van der Waals surface area (Å²) in [5.74, 6) is -10.5. The Morgan fingerprint density at radius 2 is 1.73 bits per heavy atom. The Labute approximate surface area is 168 Å². The molecule has 0 spiro atoms. The molecule has 0 heterocycles. The molecule has 2 rings (SSSR count). The Kier molecular flexibility index (Phi) is 6.93. The Morgan fingerprint density at radius 1 is 1.27 bits per heavy atom. The van der Waals surface area contributed by atoms with Crippen molar-refractivity contribution in [3.63, 3.8) is 0 Å². The molecule has 0 radical (unpaired) electrons. The monoisotopic (exact) mass is 408 g/mol. The number of ether oxygens (including phenoxy) is 1. The minimum atomic E-state index is -5.09. The van der Waals surface area contributed by atoms with Gasteiger partial charge >= 0.3 is 35.5 Å². The van der Waals surface area contributed by atoms with Crippen molar-refractivity contribution in [2.24, 2.45) is 17.3 Å². The van der Waals surface area contributed by atoms with E-state index in [4.69, 9.17) is 0 Å². The molecule has 1 aliphatic carbocycles. The van der Waals surface area contributed by atoms with Gasteiger partial charge in [-0.15, -0.1) is 0 Å². The second kappa shape index (κ2) is 7.72. The summed E-state index contributed by atoms with van der Waals surface area (Å²) in [7, 11) is -5.09. The van der Waals surface area contributed by atoms with Gasteiger partial charge in [0.2, 0.25) is 0 Å². The fraction of sp³-hybridized carbons (Fsp3) is 0.500. The van der Waals surface area contributed by atoms with Gasteiger partial charge in [-0.1, -0.05) is 13.8 Å². The first-order chi connectivity index (χ1) is 11.3. The molecule has 1 fully saturated rings. The van der Waals surface area contributed by atoms with Gasteiger partial charge in [0.1, 0.15) is 22.2 Å². The standard InChI is InChI=1S/C14H14F4O6S.Na/c1-14(2)8(9(14)13(20)25(21,22)23)12(19)24-4-5-10(17)6(15)3-7(16)11(5)18;/h3,8-9,13,20H,4H2,1-2H3,(H,21,22,23);/q;+1/p-1. The van der Waals surface area contributed by atoms with Crippen LogP contribution < -0.4 is 29.6 Å². The van der Waals surface area contributed by atoms with E-state index >= 15 is 0 Å². The van der Waals surface area contributed by atoms with Gasteiger partial charge in [-0.2, -0.15) is 0 Å². The number of esters is 1. The molecule has 140 valence electrons. The zero-order valence-corrected chi connectivity index (χ0v) is 16.7. The molecule has 3 atom stereocenters. The molecule has 0 aliphatic heterocycles. The summed E-state index contributed by atoms with van der Waals surface area (Å²) < 4.78 is 90.3. The van der Waals surface area contributed by atoms with Crippen LogP contribution in [-0.4, -0.2) is 29.5 Å². The molecule has 1 N–H and O–H groups in total. The first kappa shape index (κ1) is 23.3. The van der Waals surface area contributed by atoms with Gasteiger partial charge < -0.3 is 14.4 Å². The van der Waals surface area contributed by atoms with Gasteiger partial charge in [0.15, 0.2) is 23.3 Å². The number of carbonyl (C=O) groups is 1. The number of rotatable bonds is 5. The predicted octanol–water partition coefficient (Wildman–Crippen LogP) is -1.57. The van der Waals surface area contributed by atoms with E-state index in [9.17, 15) is 40.4 Å². The molecule has 1 aliphatic rings. The molecule has 0 saturated heterocycles. The largest absolute Gasteiger partial charge is 1.00 e. The molecule has 1 aromatic carbocycles. The molecule has 3 unspecified atom stereocenters. The van der Waals surface area contributed by atoms with Crippen LogP contribution in [0, 0.1) is 40.5 Å². The first-order valence-corrected chi connectivity index (χ1v) is 8.38. The zero-order valence-electron chi connectivity index (χ0n) is 13.9. The molecule has 0 bridgehead atoms. The van der Waals surface area contributed by atoms with Gasteiger partial charge in [0.25, 0.3) is 0 Å². The Bertz CT molecular complexity index is 803. The second-order valence-electron chi connectivity index (χ2n) is 6.26. The minimum absolute atomic E-state index is 0. The molecule has 26 heavy (non-hydrogen) atoms. The number of halogens is 4. The first-order valence-electron chi connectivity index (χ1n) is 6.91. The molecule has 0 aromatic heterocycles. The van der Waals surface area contributed by atoms with Gasteiger partial charge in [-0.25, -0.2) is 26.0 Å². The number of aliphatic hydroxyl groups is 1. The third-order valence-corrected chi connectivity index (χ3v) is 5.21. The molecule has 0 amide bonds. The Balaban J connectivity index is 0.00000338. The second-order valence-corrected chi connectivity index (χ2v) is 7.73. The molecular formula is C14H13F4NaO6S. The summed E-state index contributed by atoms with van der Waals surface area (Å²) in [5.41, 5.74) is -4.64. The van der Waals surface area contributed by atoms with Crippen molar-refractivity contribution < 1.29 is 74.7 Å². The number of aliphatic hydroxyl groups excluding tert-OH is 1. The van der Waals surface area contributed by atoms with E-state index in [1.54, 1.807) is 0 Å². The summed E-state index contributed by atoms with van der Waals surface area (Å²) in [4.78, 5) is 12.0. The van der Waals surface area contributed by atoms with Crippen LogP contribution in [0.1, 0.15) is 19.4 Å². The maximum absolute atomic E-state index is 13.5. The van der Waals surface area contributed by atoms with Crippen molar-refractivity contribution in [2.45, 2.75) is 25.9 Å². The summed E-state index contributed by atoms with van der Waals surface area (Å²) in [6, 6.07) is -0.00845. The van der Waals surface area contributed by atoms with E-state index in [1.807, 2.05) is 0 Å². The minimum Gasteiger partial charge on any atom is -0.746 e. The van der Waals surface area contributed by atoms with Crippen LogP contribution in [0.15, 0.2) is 6.07 Å². The maximum Gasteiger partial charge on any atom is 1.00 e. The van der Waals surface area contributed by atoms with Gasteiger partial charge in [-0.3, -0.25) is 4.79 Å². The van der Waals surface area contributed by atoms with Crippen molar-refractivity contribution in [1.29, 1.82) is 0 Å². The molecule has 1 aromatic rings. The summed E-state index contributed by atoms with van der Waals surface area (Å²) >= 11 is 0. The van der Waals surface area contributed by atoms with Crippen molar-refractivity contribution >= 4 is 16.1 Å². The van der Waals surface area contributed by atoms with Gasteiger partial charge in [0.05, 0.1) is 11.5 Å². The van der Waals surface area contributed by atoms with E-state index < -0.39 is 74.2 Å². The van der Waals surface area contributed by atoms with Crippen LogP contribution in [0.25, 0.3) is 0 Å². The van der Waals surface area contributed by atoms with Crippen molar-refractivity contribution in [2.75, 3.05) is 0 Å². The summed E-state index contributed by atoms with van der Waals surface area (Å²) in [6.45, 7) is 1.60. The normalized spacial score (nSPS) is 22.3. The average molecular weight is 408 g/mol. The topological polar surface area (TPSA) is 104 Å². The zero-order chi connectivity index (χ0) is 19.3. The Hall–Kier alpha value is -0.720. The number of hydrogen-bond acceptors (Lipinski definition) is 6. The molecule has 12 heteroatoms. The van der Waals surface area contributed by atoms with Crippen molar-refractivity contribution in [3.05, 3.63) is 34.9 Å². The molecular weight excluding hydrogens is 395 g/mol. The summed E-state index contributed by atoms with van der Waals surface area (Å²) in [6.07, 6.45) is 0. The van der Waals surface area contributed by atoms with Crippen LogP contribution in [-0.2, 0) is 26.3 Å². The molecule has 6 nitrogen and oxygen atoms in total. The average Bonchev–Trinajstić information content (AvgIpc) is 3.05. The van der Waals surface area contributed by atoms with Crippen LogP contribution in [0.3, 0.4) is 0 Å². The van der Waals surface area contributed by atoms with Crippen LogP contribution in [0.5, 0.6) is 0 Å². The van der Waals surface area contributed by atoms with Crippen molar-refractivity contribution in [3.8, 4) is 0 Å². The van der Waals surface area contributed by atoms with Gasteiger partial charge in [0, 0.05) is 12.0 Å². The Morgan fingerprint density at radius 3 is 2.15 bits per heavy atom. The van der Waals surface area contributed by atoms with E-state index in [0.717, 1.165) is 0 Å². The predicted molar refractivity (Wildman–Crippen MR) is 72.5 cm³/mol. The smallest absolute Gasteiger partial charge is 0.746 e. The maximum atomic E-state index is 13.5. The SMILES string of the molecule is CC1(C)C(C(=O)OCc2c(F)c(F)cc(F)c2F)C1C(O)S(=O)(=O)[O-].[Na+]. The van der Waals surface area contributed by atoms with E-state index in [1.165, 1.54) is 13.8 Å². The van der Waals surface area contributed by atoms with Crippen LogP contribution >= 0.6 is 0 Å².